The van der Waals surface area contributed by atoms with Crippen molar-refractivity contribution in [3.05, 3.63) is 15.6 Å². The molecule has 1 aromatic rings. The molecule has 0 aliphatic carbocycles. The number of nitrogens with one attached hydrogen (secondary N) is 1. The molecule has 114 valence electrons. The van der Waals surface area contributed by atoms with Gasteiger partial charge in [-0.2, -0.15) is 11.8 Å². The summed E-state index contributed by atoms with van der Waals surface area (Å²) in [7, 11) is 0. The zero-order valence-electron chi connectivity index (χ0n) is 13.7. The molecule has 1 atom stereocenters. The zero-order chi connectivity index (χ0) is 15.0. The molecule has 2 heterocycles. The largest absolute Gasteiger partial charge is 0.302 e. The first-order valence-electron chi connectivity index (χ1n) is 7.64. The van der Waals surface area contributed by atoms with Crippen molar-refractivity contribution in [1.29, 1.82) is 0 Å². The SMILES string of the molecule is CCc1nc(C2(NC(C)C)CSCCC2(C)C)sc1C. The monoisotopic (exact) mass is 312 g/mol. The number of thioether (sulfide) groups is 1. The molecule has 2 rings (SSSR count). The normalized spacial score (nSPS) is 26.1. The lowest BCUT2D eigenvalue weighted by Gasteiger charge is -2.50. The molecule has 1 fully saturated rings. The van der Waals surface area contributed by atoms with Crippen LogP contribution < -0.4 is 5.32 Å². The van der Waals surface area contributed by atoms with Crippen LogP contribution in [0.2, 0.25) is 0 Å². The van der Waals surface area contributed by atoms with E-state index in [2.05, 4.69) is 58.6 Å². The summed E-state index contributed by atoms with van der Waals surface area (Å²) in [6.45, 7) is 13.7. The Labute approximate surface area is 132 Å². The van der Waals surface area contributed by atoms with E-state index in [4.69, 9.17) is 4.98 Å². The van der Waals surface area contributed by atoms with Crippen LogP contribution in [0.3, 0.4) is 0 Å². The number of aromatic nitrogens is 1. The van der Waals surface area contributed by atoms with Gasteiger partial charge in [0.1, 0.15) is 5.01 Å². The third kappa shape index (κ3) is 2.79. The Bertz CT molecular complexity index is 465. The lowest BCUT2D eigenvalue weighted by atomic mass is 9.70. The summed E-state index contributed by atoms with van der Waals surface area (Å²) < 4.78 is 0. The van der Waals surface area contributed by atoms with E-state index in [9.17, 15) is 0 Å². The highest BCUT2D eigenvalue weighted by atomic mass is 32.2. The molecule has 0 spiro atoms. The molecule has 1 aromatic heterocycles. The highest BCUT2D eigenvalue weighted by Gasteiger charge is 2.50. The quantitative estimate of drug-likeness (QED) is 0.893. The number of hydrogen-bond donors (Lipinski definition) is 1. The second-order valence-corrected chi connectivity index (χ2v) is 9.07. The second kappa shape index (κ2) is 5.98. The fraction of sp³-hybridized carbons (Fsp3) is 0.812. The smallest absolute Gasteiger partial charge is 0.115 e. The van der Waals surface area contributed by atoms with Gasteiger partial charge in [0, 0.05) is 16.7 Å². The van der Waals surface area contributed by atoms with Crippen LogP contribution in [0.15, 0.2) is 0 Å². The predicted molar refractivity (Wildman–Crippen MR) is 91.9 cm³/mol. The third-order valence-corrected chi connectivity index (χ3v) is 6.78. The summed E-state index contributed by atoms with van der Waals surface area (Å²) in [5.41, 5.74) is 1.55. The summed E-state index contributed by atoms with van der Waals surface area (Å²) in [6, 6.07) is 0.474. The second-order valence-electron chi connectivity index (χ2n) is 6.77. The summed E-state index contributed by atoms with van der Waals surface area (Å²) in [5, 5.41) is 5.20. The summed E-state index contributed by atoms with van der Waals surface area (Å²) >= 11 is 3.97. The van der Waals surface area contributed by atoms with E-state index in [1.807, 2.05) is 11.3 Å². The first kappa shape index (κ1) is 16.3. The molecule has 1 unspecified atom stereocenters. The number of rotatable bonds is 4. The van der Waals surface area contributed by atoms with E-state index < -0.39 is 0 Å². The average molecular weight is 313 g/mol. The molecule has 1 saturated heterocycles. The van der Waals surface area contributed by atoms with Crippen LogP contribution in [-0.2, 0) is 12.0 Å². The van der Waals surface area contributed by atoms with E-state index >= 15 is 0 Å². The molecule has 20 heavy (non-hydrogen) atoms. The minimum Gasteiger partial charge on any atom is -0.302 e. The summed E-state index contributed by atoms with van der Waals surface area (Å²) in [6.07, 6.45) is 2.28. The summed E-state index contributed by atoms with van der Waals surface area (Å²) in [4.78, 5) is 6.40. The topological polar surface area (TPSA) is 24.9 Å². The van der Waals surface area contributed by atoms with Gasteiger partial charge in [0.2, 0.25) is 0 Å². The standard InChI is InChI=1S/C16H28N2S2/c1-7-13-12(4)20-14(17-13)16(18-11(2)3)10-19-9-8-15(16,5)6/h11,18H,7-10H2,1-6H3. The van der Waals surface area contributed by atoms with Crippen LogP contribution in [-0.4, -0.2) is 22.5 Å². The lowest BCUT2D eigenvalue weighted by Crippen LogP contribution is -2.59. The van der Waals surface area contributed by atoms with Gasteiger partial charge in [-0.15, -0.1) is 11.3 Å². The molecule has 0 saturated carbocycles. The molecule has 0 radical (unpaired) electrons. The van der Waals surface area contributed by atoms with Gasteiger partial charge in [0.05, 0.1) is 11.2 Å². The Morgan fingerprint density at radius 1 is 1.35 bits per heavy atom. The van der Waals surface area contributed by atoms with Crippen LogP contribution >= 0.6 is 23.1 Å². The predicted octanol–water partition coefficient (Wildman–Crippen LogP) is 4.37. The summed E-state index contributed by atoms with van der Waals surface area (Å²) in [5.74, 6) is 2.40. The lowest BCUT2D eigenvalue weighted by molar-refractivity contribution is 0.118. The number of aryl methyl sites for hydroxylation is 2. The maximum atomic E-state index is 5.02. The van der Waals surface area contributed by atoms with Gasteiger partial charge in [-0.25, -0.2) is 4.98 Å². The zero-order valence-corrected chi connectivity index (χ0v) is 15.3. The molecule has 1 aliphatic heterocycles. The molecular weight excluding hydrogens is 284 g/mol. The first-order chi connectivity index (χ1) is 9.32. The van der Waals surface area contributed by atoms with Crippen molar-refractivity contribution < 1.29 is 0 Å². The van der Waals surface area contributed by atoms with Gasteiger partial charge >= 0.3 is 0 Å². The Morgan fingerprint density at radius 3 is 2.55 bits per heavy atom. The molecule has 1 aliphatic rings. The Kier molecular flexibility index (Phi) is 4.87. The minimum atomic E-state index is 0.0208. The van der Waals surface area contributed by atoms with E-state index in [-0.39, 0.29) is 11.0 Å². The van der Waals surface area contributed by atoms with E-state index in [0.717, 1.165) is 12.2 Å². The molecule has 0 bridgehead atoms. The van der Waals surface area contributed by atoms with Crippen molar-refractivity contribution in [3.8, 4) is 0 Å². The third-order valence-electron chi connectivity index (χ3n) is 4.47. The maximum Gasteiger partial charge on any atom is 0.115 e. The molecule has 0 aromatic carbocycles. The van der Waals surface area contributed by atoms with Crippen molar-refractivity contribution in [3.63, 3.8) is 0 Å². The van der Waals surface area contributed by atoms with Gasteiger partial charge < -0.3 is 5.32 Å². The number of thiazole rings is 1. The highest BCUT2D eigenvalue weighted by molar-refractivity contribution is 7.99. The van der Waals surface area contributed by atoms with Crippen molar-refractivity contribution in [2.45, 2.75) is 66.0 Å². The van der Waals surface area contributed by atoms with Crippen molar-refractivity contribution in [2.75, 3.05) is 11.5 Å². The minimum absolute atomic E-state index is 0.0208. The van der Waals surface area contributed by atoms with Gasteiger partial charge in [-0.1, -0.05) is 20.8 Å². The average Bonchev–Trinajstić information content (AvgIpc) is 2.73. The van der Waals surface area contributed by atoms with Crippen molar-refractivity contribution in [1.82, 2.24) is 10.3 Å². The molecular formula is C16H28N2S2. The van der Waals surface area contributed by atoms with Crippen LogP contribution in [0.1, 0.15) is 56.6 Å². The number of hydrogen-bond acceptors (Lipinski definition) is 4. The van der Waals surface area contributed by atoms with Crippen LogP contribution in [0, 0.1) is 12.3 Å². The Hall–Kier alpha value is -0.0600. The first-order valence-corrected chi connectivity index (χ1v) is 9.62. The van der Waals surface area contributed by atoms with Crippen LogP contribution in [0.25, 0.3) is 0 Å². The Balaban J connectivity index is 2.50. The van der Waals surface area contributed by atoms with Crippen LogP contribution in [0.4, 0.5) is 0 Å². The molecule has 2 nitrogen and oxygen atoms in total. The fourth-order valence-corrected chi connectivity index (χ4v) is 6.19. The van der Waals surface area contributed by atoms with Gasteiger partial charge in [0.25, 0.3) is 0 Å². The highest BCUT2D eigenvalue weighted by Crippen LogP contribution is 2.50. The molecule has 4 heteroatoms. The van der Waals surface area contributed by atoms with Crippen molar-refractivity contribution in [2.24, 2.45) is 5.41 Å². The number of nitrogens with zero attached hydrogens (tertiary/aromatic N) is 1. The van der Waals surface area contributed by atoms with E-state index in [1.54, 1.807) is 0 Å². The maximum absolute atomic E-state index is 5.02. The fourth-order valence-electron chi connectivity index (χ4n) is 3.04. The van der Waals surface area contributed by atoms with Gasteiger partial charge in [0.15, 0.2) is 0 Å². The van der Waals surface area contributed by atoms with E-state index in [1.165, 1.54) is 27.8 Å². The van der Waals surface area contributed by atoms with Gasteiger partial charge in [-0.05, 0) is 44.8 Å². The molecule has 1 N–H and O–H groups in total. The molecule has 0 amide bonds. The van der Waals surface area contributed by atoms with E-state index in [0.29, 0.717) is 6.04 Å². The van der Waals surface area contributed by atoms with Crippen molar-refractivity contribution >= 4 is 23.1 Å². The Morgan fingerprint density at radius 2 is 2.05 bits per heavy atom. The van der Waals surface area contributed by atoms with Gasteiger partial charge in [-0.3, -0.25) is 0 Å². The van der Waals surface area contributed by atoms with Crippen LogP contribution in [0.5, 0.6) is 0 Å².